The van der Waals surface area contributed by atoms with Crippen molar-refractivity contribution in [1.29, 1.82) is 0 Å². The summed E-state index contributed by atoms with van der Waals surface area (Å²) in [5.41, 5.74) is -0.568. The molecule has 0 aliphatic carbocycles. The van der Waals surface area contributed by atoms with Crippen LogP contribution in [0.15, 0.2) is 6.20 Å². The SMILES string of the molecule is CNC(=O)c1cn(C)nc1C(F)F. The summed E-state index contributed by atoms with van der Waals surface area (Å²) in [5, 5.41) is 5.75. The van der Waals surface area contributed by atoms with Crippen LogP contribution in [-0.4, -0.2) is 22.7 Å². The molecule has 1 heterocycles. The molecule has 1 aromatic rings. The smallest absolute Gasteiger partial charge is 0.282 e. The molecule has 0 radical (unpaired) electrons. The van der Waals surface area contributed by atoms with Crippen molar-refractivity contribution in [3.8, 4) is 0 Å². The molecule has 0 bridgehead atoms. The van der Waals surface area contributed by atoms with E-state index in [4.69, 9.17) is 0 Å². The number of carbonyl (C=O) groups excluding carboxylic acids is 1. The van der Waals surface area contributed by atoms with Gasteiger partial charge in [-0.25, -0.2) is 8.78 Å². The third kappa shape index (κ3) is 1.82. The summed E-state index contributed by atoms with van der Waals surface area (Å²) in [5.74, 6) is -0.552. The topological polar surface area (TPSA) is 46.9 Å². The van der Waals surface area contributed by atoms with E-state index in [1.54, 1.807) is 0 Å². The Balaban J connectivity index is 3.11. The van der Waals surface area contributed by atoms with Gasteiger partial charge in [0.2, 0.25) is 0 Å². The number of halogens is 2. The van der Waals surface area contributed by atoms with Gasteiger partial charge in [0.15, 0.2) is 0 Å². The highest BCUT2D eigenvalue weighted by atomic mass is 19.3. The van der Waals surface area contributed by atoms with Crippen LogP contribution in [-0.2, 0) is 7.05 Å². The van der Waals surface area contributed by atoms with Crippen LogP contribution < -0.4 is 5.32 Å². The molecule has 0 saturated heterocycles. The molecule has 0 atom stereocenters. The molecule has 1 amide bonds. The van der Waals surface area contributed by atoms with Crippen LogP contribution in [0.1, 0.15) is 22.5 Å². The lowest BCUT2D eigenvalue weighted by atomic mass is 10.2. The van der Waals surface area contributed by atoms with E-state index >= 15 is 0 Å². The number of rotatable bonds is 2. The summed E-state index contributed by atoms with van der Waals surface area (Å²) < 4.78 is 25.7. The highest BCUT2D eigenvalue weighted by Crippen LogP contribution is 2.20. The normalized spacial score (nSPS) is 10.5. The van der Waals surface area contributed by atoms with E-state index in [1.807, 2.05) is 0 Å². The standard InChI is InChI=1S/C7H9F2N3O/c1-10-7(13)4-3-12(2)11-5(4)6(8)9/h3,6H,1-2H3,(H,10,13). The molecule has 4 nitrogen and oxygen atoms in total. The molecule has 0 unspecified atom stereocenters. The minimum Gasteiger partial charge on any atom is -0.355 e. The number of nitrogens with zero attached hydrogens (tertiary/aromatic N) is 2. The Kier molecular flexibility index (Phi) is 2.60. The molecule has 0 aliphatic heterocycles. The maximum absolute atomic E-state index is 12.3. The molecule has 0 fully saturated rings. The first kappa shape index (κ1) is 9.63. The van der Waals surface area contributed by atoms with Crippen LogP contribution in [0.2, 0.25) is 0 Å². The van der Waals surface area contributed by atoms with Crippen molar-refractivity contribution in [1.82, 2.24) is 15.1 Å². The Morgan fingerprint density at radius 1 is 1.69 bits per heavy atom. The third-order valence-electron chi connectivity index (χ3n) is 1.54. The van der Waals surface area contributed by atoms with Gasteiger partial charge in [0.1, 0.15) is 5.69 Å². The van der Waals surface area contributed by atoms with Gasteiger partial charge in [-0.1, -0.05) is 0 Å². The quantitative estimate of drug-likeness (QED) is 0.745. The summed E-state index contributed by atoms with van der Waals surface area (Å²) in [6.07, 6.45) is -1.46. The van der Waals surface area contributed by atoms with E-state index < -0.39 is 18.0 Å². The maximum Gasteiger partial charge on any atom is 0.282 e. The lowest BCUT2D eigenvalue weighted by Crippen LogP contribution is -2.18. The fourth-order valence-corrected chi connectivity index (χ4v) is 0.976. The van der Waals surface area contributed by atoms with Gasteiger partial charge in [0, 0.05) is 20.3 Å². The van der Waals surface area contributed by atoms with Crippen molar-refractivity contribution < 1.29 is 13.6 Å². The molecule has 0 aliphatic rings. The molecule has 1 rings (SSSR count). The zero-order chi connectivity index (χ0) is 10.0. The van der Waals surface area contributed by atoms with Gasteiger partial charge < -0.3 is 5.32 Å². The summed E-state index contributed by atoms with van der Waals surface area (Å²) >= 11 is 0. The van der Waals surface area contributed by atoms with Crippen molar-refractivity contribution in [3.05, 3.63) is 17.5 Å². The molecular formula is C7H9F2N3O. The predicted molar refractivity (Wildman–Crippen MR) is 41.6 cm³/mol. The van der Waals surface area contributed by atoms with Gasteiger partial charge in [-0.3, -0.25) is 9.48 Å². The second kappa shape index (κ2) is 3.51. The first-order valence-corrected chi connectivity index (χ1v) is 3.60. The minimum atomic E-state index is -2.73. The maximum atomic E-state index is 12.3. The Hall–Kier alpha value is -1.46. The van der Waals surface area contributed by atoms with E-state index in [0.717, 1.165) is 0 Å². The molecule has 1 N–H and O–H groups in total. The second-order valence-corrected chi connectivity index (χ2v) is 2.48. The minimum absolute atomic E-state index is 0.0833. The molecule has 72 valence electrons. The average molecular weight is 189 g/mol. The highest BCUT2D eigenvalue weighted by Gasteiger charge is 2.21. The Morgan fingerprint density at radius 2 is 2.31 bits per heavy atom. The van der Waals surface area contributed by atoms with Crippen molar-refractivity contribution in [3.63, 3.8) is 0 Å². The van der Waals surface area contributed by atoms with E-state index in [9.17, 15) is 13.6 Å². The number of nitrogens with one attached hydrogen (secondary N) is 1. The number of alkyl halides is 2. The van der Waals surface area contributed by atoms with Crippen LogP contribution in [0.4, 0.5) is 8.78 Å². The Bertz CT molecular complexity index is 322. The van der Waals surface area contributed by atoms with Crippen molar-refractivity contribution in [2.45, 2.75) is 6.43 Å². The lowest BCUT2D eigenvalue weighted by Gasteiger charge is -1.98. The number of aromatic nitrogens is 2. The molecule has 0 saturated carbocycles. The van der Waals surface area contributed by atoms with Gasteiger partial charge in [0.25, 0.3) is 12.3 Å². The summed E-state index contributed by atoms with van der Waals surface area (Å²) in [7, 11) is 2.86. The fraction of sp³-hybridized carbons (Fsp3) is 0.429. The van der Waals surface area contributed by atoms with Crippen LogP contribution in [0.25, 0.3) is 0 Å². The van der Waals surface area contributed by atoms with Crippen LogP contribution in [0.3, 0.4) is 0 Å². The third-order valence-corrected chi connectivity index (χ3v) is 1.54. The zero-order valence-electron chi connectivity index (χ0n) is 7.21. The number of aryl methyl sites for hydroxylation is 1. The van der Waals surface area contributed by atoms with Crippen LogP contribution in [0.5, 0.6) is 0 Å². The number of amides is 1. The highest BCUT2D eigenvalue weighted by molar-refractivity contribution is 5.94. The van der Waals surface area contributed by atoms with Gasteiger partial charge in [-0.05, 0) is 0 Å². The first-order valence-electron chi connectivity index (χ1n) is 3.60. The average Bonchev–Trinajstić information content (AvgIpc) is 2.46. The molecule has 6 heteroatoms. The summed E-state index contributed by atoms with van der Waals surface area (Å²) in [6, 6.07) is 0. The molecular weight excluding hydrogens is 180 g/mol. The van der Waals surface area contributed by atoms with Gasteiger partial charge in [-0.15, -0.1) is 0 Å². The van der Waals surface area contributed by atoms with Gasteiger partial charge >= 0.3 is 0 Å². The Morgan fingerprint density at radius 3 is 2.77 bits per heavy atom. The van der Waals surface area contributed by atoms with Crippen molar-refractivity contribution >= 4 is 5.91 Å². The Labute approximate surface area is 73.5 Å². The summed E-state index contributed by atoms with van der Waals surface area (Å²) in [4.78, 5) is 11.1. The fourth-order valence-electron chi connectivity index (χ4n) is 0.976. The van der Waals surface area contributed by atoms with Gasteiger partial charge in [-0.2, -0.15) is 5.10 Å². The van der Waals surface area contributed by atoms with Crippen molar-refractivity contribution in [2.24, 2.45) is 7.05 Å². The number of carbonyl (C=O) groups is 1. The van der Waals surface area contributed by atoms with Crippen LogP contribution in [0, 0.1) is 0 Å². The van der Waals surface area contributed by atoms with E-state index in [2.05, 4.69) is 10.4 Å². The first-order chi connectivity index (χ1) is 6.06. The second-order valence-electron chi connectivity index (χ2n) is 2.48. The number of hydrogen-bond donors (Lipinski definition) is 1. The number of hydrogen-bond acceptors (Lipinski definition) is 2. The molecule has 13 heavy (non-hydrogen) atoms. The van der Waals surface area contributed by atoms with Crippen molar-refractivity contribution in [2.75, 3.05) is 7.05 Å². The van der Waals surface area contributed by atoms with E-state index in [-0.39, 0.29) is 5.56 Å². The van der Waals surface area contributed by atoms with Gasteiger partial charge in [0.05, 0.1) is 5.56 Å². The molecule has 0 spiro atoms. The van der Waals surface area contributed by atoms with E-state index in [0.29, 0.717) is 0 Å². The summed E-state index contributed by atoms with van der Waals surface area (Å²) in [6.45, 7) is 0. The van der Waals surface area contributed by atoms with Crippen LogP contribution >= 0.6 is 0 Å². The van der Waals surface area contributed by atoms with E-state index in [1.165, 1.54) is 25.0 Å². The lowest BCUT2D eigenvalue weighted by molar-refractivity contribution is 0.0948. The molecule has 1 aromatic heterocycles. The zero-order valence-corrected chi connectivity index (χ0v) is 7.21. The predicted octanol–water partition coefficient (Wildman–Crippen LogP) is 0.717. The molecule has 0 aromatic carbocycles. The monoisotopic (exact) mass is 189 g/mol. The largest absolute Gasteiger partial charge is 0.355 e.